The molecule has 0 unspecified atom stereocenters. The maximum atomic E-state index is 12.4. The molecule has 0 aliphatic heterocycles. The third-order valence-corrected chi connectivity index (χ3v) is 4.73. The molecule has 1 aromatic carbocycles. The number of anilines is 1. The molecule has 1 aliphatic rings. The molecular formula is C22H25N3O3. The Balaban J connectivity index is 1.56. The van der Waals surface area contributed by atoms with Crippen molar-refractivity contribution in [3.8, 4) is 5.75 Å². The normalized spacial score (nSPS) is 13.4. The molecule has 0 bridgehead atoms. The molecule has 146 valence electrons. The molecule has 0 spiro atoms. The molecule has 1 aliphatic carbocycles. The topological polar surface area (TPSA) is 80.3 Å². The number of amides is 2. The van der Waals surface area contributed by atoms with Crippen molar-refractivity contribution < 1.29 is 14.3 Å². The number of hydrogen-bond acceptors (Lipinski definition) is 4. The predicted molar refractivity (Wildman–Crippen MR) is 109 cm³/mol. The van der Waals surface area contributed by atoms with E-state index in [1.54, 1.807) is 37.4 Å². The van der Waals surface area contributed by atoms with Crippen LogP contribution in [0.1, 0.15) is 52.8 Å². The van der Waals surface area contributed by atoms with Crippen molar-refractivity contribution in [1.29, 1.82) is 0 Å². The van der Waals surface area contributed by atoms with Crippen LogP contribution in [-0.2, 0) is 0 Å². The van der Waals surface area contributed by atoms with E-state index in [1.165, 1.54) is 30.8 Å². The van der Waals surface area contributed by atoms with E-state index >= 15 is 0 Å². The fourth-order valence-electron chi connectivity index (χ4n) is 3.14. The summed E-state index contributed by atoms with van der Waals surface area (Å²) in [7, 11) is 1.59. The molecule has 1 aromatic heterocycles. The van der Waals surface area contributed by atoms with Crippen molar-refractivity contribution in [3.05, 3.63) is 65.5 Å². The lowest BCUT2D eigenvalue weighted by molar-refractivity contribution is 0.0953. The van der Waals surface area contributed by atoms with Crippen LogP contribution in [-0.4, -0.2) is 30.5 Å². The summed E-state index contributed by atoms with van der Waals surface area (Å²) < 4.78 is 5.10. The quantitative estimate of drug-likeness (QED) is 0.714. The number of hydrogen-bond donors (Lipinski definition) is 2. The first-order valence-corrected chi connectivity index (χ1v) is 9.52. The second-order valence-corrected chi connectivity index (χ2v) is 6.76. The summed E-state index contributed by atoms with van der Waals surface area (Å²) in [5.74, 6) is 0.171. The van der Waals surface area contributed by atoms with Gasteiger partial charge in [0, 0.05) is 24.6 Å². The highest BCUT2D eigenvalue weighted by atomic mass is 16.5. The zero-order valence-electron chi connectivity index (χ0n) is 16.0. The summed E-state index contributed by atoms with van der Waals surface area (Å²) in [5.41, 5.74) is 2.76. The Morgan fingerprint density at radius 3 is 2.50 bits per heavy atom. The van der Waals surface area contributed by atoms with Crippen LogP contribution in [0.25, 0.3) is 0 Å². The summed E-state index contributed by atoms with van der Waals surface area (Å²) in [5, 5.41) is 5.70. The van der Waals surface area contributed by atoms with Crippen molar-refractivity contribution in [1.82, 2.24) is 10.3 Å². The highest BCUT2D eigenvalue weighted by Crippen LogP contribution is 2.19. The molecule has 0 radical (unpaired) electrons. The molecule has 28 heavy (non-hydrogen) atoms. The Labute approximate surface area is 165 Å². The molecule has 0 atom stereocenters. The van der Waals surface area contributed by atoms with Crippen LogP contribution in [0.15, 0.2) is 54.4 Å². The molecule has 2 N–H and O–H groups in total. The van der Waals surface area contributed by atoms with Gasteiger partial charge in [-0.25, -0.2) is 0 Å². The third-order valence-electron chi connectivity index (χ3n) is 4.73. The van der Waals surface area contributed by atoms with Crippen molar-refractivity contribution >= 4 is 17.5 Å². The second-order valence-electron chi connectivity index (χ2n) is 6.76. The average molecular weight is 379 g/mol. The second kappa shape index (κ2) is 9.69. The summed E-state index contributed by atoms with van der Waals surface area (Å²) in [6, 6.07) is 8.58. The van der Waals surface area contributed by atoms with Crippen LogP contribution in [0.3, 0.4) is 0 Å². The first-order chi connectivity index (χ1) is 13.7. The first kappa shape index (κ1) is 19.6. The van der Waals surface area contributed by atoms with Gasteiger partial charge in [0.15, 0.2) is 0 Å². The monoisotopic (exact) mass is 379 g/mol. The third kappa shape index (κ3) is 5.42. The summed E-state index contributed by atoms with van der Waals surface area (Å²) in [6.07, 6.45) is 10.8. The summed E-state index contributed by atoms with van der Waals surface area (Å²) >= 11 is 0. The molecule has 3 rings (SSSR count). The lowest BCUT2D eigenvalue weighted by atomic mass is 9.97. The van der Waals surface area contributed by atoms with E-state index in [0.29, 0.717) is 29.1 Å². The molecule has 0 fully saturated rings. The molecule has 6 heteroatoms. The molecule has 0 saturated heterocycles. The van der Waals surface area contributed by atoms with Crippen LogP contribution in [0, 0.1) is 0 Å². The van der Waals surface area contributed by atoms with Gasteiger partial charge in [-0.2, -0.15) is 0 Å². The number of methoxy groups -OCH3 is 1. The smallest absolute Gasteiger partial charge is 0.257 e. The number of nitrogens with one attached hydrogen (secondary N) is 2. The molecule has 2 amide bonds. The zero-order chi connectivity index (χ0) is 19.8. The molecule has 6 nitrogen and oxygen atoms in total. The molecule has 0 saturated carbocycles. The summed E-state index contributed by atoms with van der Waals surface area (Å²) in [6.45, 7) is 0.590. The van der Waals surface area contributed by atoms with Gasteiger partial charge in [-0.05, 0) is 62.4 Å². The lowest BCUT2D eigenvalue weighted by Crippen LogP contribution is -2.25. The van der Waals surface area contributed by atoms with Gasteiger partial charge in [0.2, 0.25) is 0 Å². The van der Waals surface area contributed by atoms with Gasteiger partial charge < -0.3 is 15.4 Å². The zero-order valence-corrected chi connectivity index (χ0v) is 16.0. The largest absolute Gasteiger partial charge is 0.497 e. The van der Waals surface area contributed by atoms with E-state index < -0.39 is 0 Å². The standard InChI is InChI=1S/C22H25N3O3/c1-28-20-9-7-19(8-10-20)25-22(27)18-13-17(14-23-15-18)21(26)24-12-11-16-5-3-2-4-6-16/h5,7-10,13-15H,2-4,6,11-12H2,1H3,(H,24,26)(H,25,27). The number of ether oxygens (including phenoxy) is 1. The highest BCUT2D eigenvalue weighted by Gasteiger charge is 2.12. The number of pyridine rings is 1. The van der Waals surface area contributed by atoms with Gasteiger partial charge >= 0.3 is 0 Å². The van der Waals surface area contributed by atoms with E-state index in [2.05, 4.69) is 21.7 Å². The van der Waals surface area contributed by atoms with Gasteiger partial charge in [-0.1, -0.05) is 11.6 Å². The number of carbonyl (C=O) groups is 2. The van der Waals surface area contributed by atoms with Crippen molar-refractivity contribution in [2.45, 2.75) is 32.1 Å². The number of allylic oxidation sites excluding steroid dienone is 1. The number of carbonyl (C=O) groups excluding carboxylic acids is 2. The lowest BCUT2D eigenvalue weighted by Gasteiger charge is -2.13. The van der Waals surface area contributed by atoms with Crippen LogP contribution in [0.2, 0.25) is 0 Å². The average Bonchev–Trinajstić information content (AvgIpc) is 2.75. The van der Waals surface area contributed by atoms with E-state index in [0.717, 1.165) is 19.3 Å². The molecule has 1 heterocycles. The van der Waals surface area contributed by atoms with Gasteiger partial charge in [0.1, 0.15) is 5.75 Å². The van der Waals surface area contributed by atoms with Gasteiger partial charge in [-0.15, -0.1) is 0 Å². The SMILES string of the molecule is COc1ccc(NC(=O)c2cncc(C(=O)NCCC3=CCCCC3)c2)cc1. The van der Waals surface area contributed by atoms with E-state index in [4.69, 9.17) is 4.74 Å². The van der Waals surface area contributed by atoms with Crippen LogP contribution < -0.4 is 15.4 Å². The minimum Gasteiger partial charge on any atom is -0.497 e. The minimum absolute atomic E-state index is 0.219. The number of aromatic nitrogens is 1. The maximum absolute atomic E-state index is 12.4. The van der Waals surface area contributed by atoms with Crippen molar-refractivity contribution in [2.24, 2.45) is 0 Å². The van der Waals surface area contributed by atoms with Crippen LogP contribution >= 0.6 is 0 Å². The Morgan fingerprint density at radius 2 is 1.82 bits per heavy atom. The Bertz CT molecular complexity index is 860. The Morgan fingerprint density at radius 1 is 1.07 bits per heavy atom. The van der Waals surface area contributed by atoms with Crippen molar-refractivity contribution in [3.63, 3.8) is 0 Å². The van der Waals surface area contributed by atoms with Crippen molar-refractivity contribution in [2.75, 3.05) is 19.0 Å². The predicted octanol–water partition coefficient (Wildman–Crippen LogP) is 3.96. The van der Waals surface area contributed by atoms with Crippen LogP contribution in [0.4, 0.5) is 5.69 Å². The van der Waals surface area contributed by atoms with Gasteiger partial charge in [-0.3, -0.25) is 14.6 Å². The minimum atomic E-state index is -0.320. The van der Waals surface area contributed by atoms with Gasteiger partial charge in [0.25, 0.3) is 11.8 Å². The number of rotatable bonds is 7. The fraction of sp³-hybridized carbons (Fsp3) is 0.318. The van der Waals surface area contributed by atoms with E-state index in [1.807, 2.05) is 0 Å². The Hall–Kier alpha value is -3.15. The van der Waals surface area contributed by atoms with E-state index in [9.17, 15) is 9.59 Å². The number of nitrogens with zero attached hydrogens (tertiary/aromatic N) is 1. The fourth-order valence-corrected chi connectivity index (χ4v) is 3.14. The van der Waals surface area contributed by atoms with E-state index in [-0.39, 0.29) is 11.8 Å². The highest BCUT2D eigenvalue weighted by molar-refractivity contribution is 6.05. The Kier molecular flexibility index (Phi) is 6.78. The maximum Gasteiger partial charge on any atom is 0.257 e. The molecule has 2 aromatic rings. The van der Waals surface area contributed by atoms with Gasteiger partial charge in [0.05, 0.1) is 18.2 Å². The van der Waals surface area contributed by atoms with Crippen LogP contribution in [0.5, 0.6) is 5.75 Å². The molecular weight excluding hydrogens is 354 g/mol. The number of benzene rings is 1. The first-order valence-electron chi connectivity index (χ1n) is 9.52. The summed E-state index contributed by atoms with van der Waals surface area (Å²) in [4.78, 5) is 28.9.